The molecule has 6 nitrogen and oxygen atoms in total. The fourth-order valence-corrected chi connectivity index (χ4v) is 1.34. The third-order valence-electron chi connectivity index (χ3n) is 2.10. The standard InChI is InChI=1S/C11H13N5O/c1-3-5-12-11-14-9-8(7-13-16-9)10(15-11)17-6-4-2/h2,7H,3,5-6H2,1H3,(H2,12,13,14,15,16). The summed E-state index contributed by atoms with van der Waals surface area (Å²) in [5.74, 6) is 3.36. The van der Waals surface area contributed by atoms with Gasteiger partial charge in [0, 0.05) is 6.54 Å². The number of H-pyrrole nitrogens is 1. The van der Waals surface area contributed by atoms with Gasteiger partial charge in [0.2, 0.25) is 11.8 Å². The third-order valence-corrected chi connectivity index (χ3v) is 2.10. The summed E-state index contributed by atoms with van der Waals surface area (Å²) in [4.78, 5) is 8.52. The summed E-state index contributed by atoms with van der Waals surface area (Å²) in [6.07, 6.45) is 7.76. The first-order valence-corrected chi connectivity index (χ1v) is 5.36. The van der Waals surface area contributed by atoms with E-state index < -0.39 is 0 Å². The second-order valence-electron chi connectivity index (χ2n) is 3.40. The largest absolute Gasteiger partial charge is 0.464 e. The van der Waals surface area contributed by atoms with Crippen LogP contribution in [0.15, 0.2) is 6.20 Å². The topological polar surface area (TPSA) is 75.7 Å². The Morgan fingerprint density at radius 3 is 3.18 bits per heavy atom. The molecule has 17 heavy (non-hydrogen) atoms. The molecule has 0 atom stereocenters. The van der Waals surface area contributed by atoms with Crippen molar-refractivity contribution >= 4 is 17.0 Å². The van der Waals surface area contributed by atoms with Crippen molar-refractivity contribution in [2.45, 2.75) is 13.3 Å². The van der Waals surface area contributed by atoms with Crippen molar-refractivity contribution in [1.29, 1.82) is 0 Å². The van der Waals surface area contributed by atoms with Crippen LogP contribution in [0.5, 0.6) is 5.88 Å². The van der Waals surface area contributed by atoms with Gasteiger partial charge in [0.15, 0.2) is 12.3 Å². The molecule has 88 valence electrons. The Morgan fingerprint density at radius 1 is 1.53 bits per heavy atom. The maximum atomic E-state index is 5.36. The van der Waals surface area contributed by atoms with E-state index in [4.69, 9.17) is 11.2 Å². The van der Waals surface area contributed by atoms with Crippen LogP contribution in [0.4, 0.5) is 5.95 Å². The van der Waals surface area contributed by atoms with Gasteiger partial charge < -0.3 is 10.1 Å². The molecular formula is C11H13N5O. The minimum absolute atomic E-state index is 0.171. The number of ether oxygens (including phenoxy) is 1. The quantitative estimate of drug-likeness (QED) is 0.756. The van der Waals surface area contributed by atoms with Crippen molar-refractivity contribution in [3.05, 3.63) is 6.20 Å². The van der Waals surface area contributed by atoms with Crippen LogP contribution >= 0.6 is 0 Å². The van der Waals surface area contributed by atoms with Gasteiger partial charge in [0.05, 0.1) is 6.20 Å². The highest BCUT2D eigenvalue weighted by Crippen LogP contribution is 2.21. The van der Waals surface area contributed by atoms with E-state index in [0.717, 1.165) is 18.4 Å². The second kappa shape index (κ2) is 5.16. The molecule has 0 bridgehead atoms. The Kier molecular flexibility index (Phi) is 3.40. The maximum Gasteiger partial charge on any atom is 0.230 e. The van der Waals surface area contributed by atoms with Gasteiger partial charge in [0.25, 0.3) is 0 Å². The average Bonchev–Trinajstić information content (AvgIpc) is 2.81. The number of terminal acetylenes is 1. The lowest BCUT2D eigenvalue weighted by Gasteiger charge is -2.06. The van der Waals surface area contributed by atoms with Crippen molar-refractivity contribution in [2.75, 3.05) is 18.5 Å². The molecule has 0 saturated heterocycles. The number of aromatic nitrogens is 4. The second-order valence-corrected chi connectivity index (χ2v) is 3.40. The molecule has 0 amide bonds. The van der Waals surface area contributed by atoms with Crippen LogP contribution in [-0.4, -0.2) is 33.3 Å². The normalized spacial score (nSPS) is 10.1. The number of aromatic amines is 1. The van der Waals surface area contributed by atoms with Crippen molar-refractivity contribution in [3.63, 3.8) is 0 Å². The Hall–Kier alpha value is -2.29. The Morgan fingerprint density at radius 2 is 2.41 bits per heavy atom. The molecule has 0 aliphatic rings. The van der Waals surface area contributed by atoms with Crippen molar-refractivity contribution in [2.24, 2.45) is 0 Å². The third kappa shape index (κ3) is 2.45. The molecule has 0 spiro atoms. The molecule has 2 rings (SSSR count). The van der Waals surface area contributed by atoms with E-state index in [1.807, 2.05) is 0 Å². The first-order chi connectivity index (χ1) is 8.35. The number of anilines is 1. The van der Waals surface area contributed by atoms with E-state index in [1.165, 1.54) is 0 Å². The Labute approximate surface area is 98.8 Å². The molecule has 0 aliphatic carbocycles. The van der Waals surface area contributed by atoms with Crippen LogP contribution in [0.3, 0.4) is 0 Å². The number of nitrogens with one attached hydrogen (secondary N) is 2. The van der Waals surface area contributed by atoms with Gasteiger partial charge >= 0.3 is 0 Å². The van der Waals surface area contributed by atoms with Gasteiger partial charge in [-0.1, -0.05) is 12.8 Å². The first kappa shape index (κ1) is 11.2. The highest BCUT2D eigenvalue weighted by molar-refractivity contribution is 5.80. The number of hydrogen-bond acceptors (Lipinski definition) is 5. The van der Waals surface area contributed by atoms with Crippen LogP contribution in [0.2, 0.25) is 0 Å². The van der Waals surface area contributed by atoms with E-state index >= 15 is 0 Å². The minimum atomic E-state index is 0.171. The lowest BCUT2D eigenvalue weighted by atomic mass is 10.4. The molecule has 2 aromatic rings. The SMILES string of the molecule is C#CCOc1nc(NCCC)nc2[nH]ncc12. The van der Waals surface area contributed by atoms with Crippen molar-refractivity contribution < 1.29 is 4.74 Å². The molecule has 0 radical (unpaired) electrons. The van der Waals surface area contributed by atoms with E-state index in [1.54, 1.807) is 6.20 Å². The van der Waals surface area contributed by atoms with Crippen molar-refractivity contribution in [3.8, 4) is 18.2 Å². The molecule has 0 saturated carbocycles. The summed E-state index contributed by atoms with van der Waals surface area (Å²) in [7, 11) is 0. The Balaban J connectivity index is 2.33. The molecule has 2 heterocycles. The number of fused-ring (bicyclic) bond motifs is 1. The van der Waals surface area contributed by atoms with Crippen LogP contribution in [0.25, 0.3) is 11.0 Å². The summed E-state index contributed by atoms with van der Waals surface area (Å²) in [5, 5.41) is 10.5. The van der Waals surface area contributed by atoms with Gasteiger partial charge in [0.1, 0.15) is 5.39 Å². The number of nitrogens with zero attached hydrogens (tertiary/aromatic N) is 3. The van der Waals surface area contributed by atoms with E-state index in [-0.39, 0.29) is 6.61 Å². The number of rotatable bonds is 5. The molecule has 0 aliphatic heterocycles. The lowest BCUT2D eigenvalue weighted by molar-refractivity contribution is 0.360. The van der Waals surface area contributed by atoms with Crippen LogP contribution < -0.4 is 10.1 Å². The van der Waals surface area contributed by atoms with Crippen molar-refractivity contribution in [1.82, 2.24) is 20.2 Å². The molecule has 2 aromatic heterocycles. The zero-order valence-electron chi connectivity index (χ0n) is 9.53. The van der Waals surface area contributed by atoms with Gasteiger partial charge in [-0.25, -0.2) is 0 Å². The van der Waals surface area contributed by atoms with Gasteiger partial charge in [-0.15, -0.1) is 6.42 Å². The summed E-state index contributed by atoms with van der Waals surface area (Å²) >= 11 is 0. The lowest BCUT2D eigenvalue weighted by Crippen LogP contribution is -2.06. The predicted molar refractivity (Wildman–Crippen MR) is 64.8 cm³/mol. The maximum absolute atomic E-state index is 5.36. The zero-order chi connectivity index (χ0) is 12.1. The highest BCUT2D eigenvalue weighted by atomic mass is 16.5. The van der Waals surface area contributed by atoms with E-state index in [0.29, 0.717) is 17.5 Å². The summed E-state index contributed by atoms with van der Waals surface area (Å²) in [5.41, 5.74) is 0.630. The van der Waals surface area contributed by atoms with Crippen LogP contribution in [0, 0.1) is 12.3 Å². The molecule has 0 aromatic carbocycles. The van der Waals surface area contributed by atoms with Crippen LogP contribution in [0.1, 0.15) is 13.3 Å². The van der Waals surface area contributed by atoms with E-state index in [9.17, 15) is 0 Å². The molecule has 0 fully saturated rings. The zero-order valence-corrected chi connectivity index (χ0v) is 9.53. The summed E-state index contributed by atoms with van der Waals surface area (Å²) in [6.45, 7) is 3.04. The summed E-state index contributed by atoms with van der Waals surface area (Å²) < 4.78 is 5.36. The number of hydrogen-bond donors (Lipinski definition) is 2. The molecule has 6 heteroatoms. The summed E-state index contributed by atoms with van der Waals surface area (Å²) in [6, 6.07) is 0. The minimum Gasteiger partial charge on any atom is -0.464 e. The molecule has 2 N–H and O–H groups in total. The first-order valence-electron chi connectivity index (χ1n) is 5.36. The fraction of sp³-hybridized carbons (Fsp3) is 0.364. The molecular weight excluding hydrogens is 218 g/mol. The smallest absolute Gasteiger partial charge is 0.230 e. The highest BCUT2D eigenvalue weighted by Gasteiger charge is 2.09. The Bertz CT molecular complexity index is 542. The van der Waals surface area contributed by atoms with Crippen LogP contribution in [-0.2, 0) is 0 Å². The molecule has 0 unspecified atom stereocenters. The fourth-order valence-electron chi connectivity index (χ4n) is 1.34. The van der Waals surface area contributed by atoms with Gasteiger partial charge in [-0.05, 0) is 6.42 Å². The monoisotopic (exact) mass is 231 g/mol. The average molecular weight is 231 g/mol. The van der Waals surface area contributed by atoms with Gasteiger partial charge in [-0.2, -0.15) is 15.1 Å². The van der Waals surface area contributed by atoms with Gasteiger partial charge in [-0.3, -0.25) is 5.10 Å². The van der Waals surface area contributed by atoms with E-state index in [2.05, 4.69) is 38.3 Å². The predicted octanol–water partition coefficient (Wildman–Crippen LogP) is 1.19.